The molecule has 132 valence electrons. The molecule has 1 aliphatic rings. The van der Waals surface area contributed by atoms with Gasteiger partial charge in [0.15, 0.2) is 0 Å². The molecule has 0 saturated heterocycles. The molecule has 0 amide bonds. The lowest BCUT2D eigenvalue weighted by Gasteiger charge is -2.29. The van der Waals surface area contributed by atoms with E-state index in [1.54, 1.807) is 26.0 Å². The third-order valence-corrected chi connectivity index (χ3v) is 3.84. The van der Waals surface area contributed by atoms with Crippen LogP contribution in [0.2, 0.25) is 0 Å². The highest BCUT2D eigenvalue weighted by Gasteiger charge is 2.48. The molecule has 1 aliphatic heterocycles. The van der Waals surface area contributed by atoms with E-state index in [0.717, 1.165) is 6.08 Å². The number of fused-ring (bicyclic) bond motifs is 1. The van der Waals surface area contributed by atoms with Crippen molar-refractivity contribution in [2.75, 3.05) is 13.2 Å². The number of hydrogen-bond donors (Lipinski definition) is 1. The fourth-order valence-corrected chi connectivity index (χ4v) is 2.33. The van der Waals surface area contributed by atoms with Crippen LogP contribution in [0.15, 0.2) is 23.8 Å². The Morgan fingerprint density at radius 1 is 1.33 bits per heavy atom. The van der Waals surface area contributed by atoms with Crippen molar-refractivity contribution in [1.29, 1.82) is 0 Å². The van der Waals surface area contributed by atoms with Gasteiger partial charge in [-0.15, -0.1) is 0 Å². The van der Waals surface area contributed by atoms with Gasteiger partial charge in [0.2, 0.25) is 6.10 Å². The highest BCUT2D eigenvalue weighted by atomic mass is 19.4. The van der Waals surface area contributed by atoms with E-state index in [0.29, 0.717) is 11.1 Å². The van der Waals surface area contributed by atoms with Gasteiger partial charge in [-0.05, 0) is 24.6 Å². The lowest BCUT2D eigenvalue weighted by Crippen LogP contribution is -2.41. The van der Waals surface area contributed by atoms with Gasteiger partial charge in [-0.1, -0.05) is 26.0 Å². The molecule has 7 heteroatoms. The molecule has 24 heavy (non-hydrogen) atoms. The average Bonchev–Trinajstić information content (AvgIpc) is 2.52. The first kappa shape index (κ1) is 18.3. The maximum atomic E-state index is 13.3. The Kier molecular flexibility index (Phi) is 4.94. The van der Waals surface area contributed by atoms with E-state index in [-0.39, 0.29) is 19.0 Å². The van der Waals surface area contributed by atoms with E-state index >= 15 is 0 Å². The van der Waals surface area contributed by atoms with E-state index in [4.69, 9.17) is 9.47 Å². The molecule has 1 unspecified atom stereocenters. The number of carbonyl (C=O) groups excluding carboxylic acids is 1. The maximum Gasteiger partial charge on any atom is 0.430 e. The van der Waals surface area contributed by atoms with Gasteiger partial charge in [0, 0.05) is 11.0 Å². The number of rotatable bonds is 4. The summed E-state index contributed by atoms with van der Waals surface area (Å²) in [7, 11) is 0. The van der Waals surface area contributed by atoms with Crippen molar-refractivity contribution in [1.82, 2.24) is 0 Å². The van der Waals surface area contributed by atoms with E-state index in [1.807, 2.05) is 0 Å². The van der Waals surface area contributed by atoms with Gasteiger partial charge in [0.05, 0.1) is 18.8 Å². The van der Waals surface area contributed by atoms with Crippen LogP contribution >= 0.6 is 0 Å². The molecule has 0 aliphatic carbocycles. The van der Waals surface area contributed by atoms with Crippen LogP contribution in [0.4, 0.5) is 13.2 Å². The second-order valence-corrected chi connectivity index (χ2v) is 6.15. The van der Waals surface area contributed by atoms with Crippen molar-refractivity contribution in [2.24, 2.45) is 0 Å². The average molecular weight is 344 g/mol. The molecule has 1 N–H and O–H groups in total. The molecule has 1 aromatic carbocycles. The molecule has 0 aromatic heterocycles. The fourth-order valence-electron chi connectivity index (χ4n) is 2.33. The van der Waals surface area contributed by atoms with E-state index in [2.05, 4.69) is 0 Å². The minimum Gasteiger partial charge on any atom is -0.475 e. The van der Waals surface area contributed by atoms with Crippen molar-refractivity contribution in [3.05, 3.63) is 34.9 Å². The molecule has 0 spiro atoms. The second kappa shape index (κ2) is 6.47. The monoisotopic (exact) mass is 344 g/mol. The zero-order valence-electron chi connectivity index (χ0n) is 13.6. The third kappa shape index (κ3) is 3.56. The minimum atomic E-state index is -4.75. The number of carbonyl (C=O) groups is 1. The summed E-state index contributed by atoms with van der Waals surface area (Å²) in [5, 5.41) is 9.41. The van der Waals surface area contributed by atoms with Crippen molar-refractivity contribution >= 4 is 12.0 Å². The minimum absolute atomic E-state index is 0.0180. The summed E-state index contributed by atoms with van der Waals surface area (Å²) in [6.45, 7) is 4.84. The summed E-state index contributed by atoms with van der Waals surface area (Å²) in [5.74, 6) is -1.03. The van der Waals surface area contributed by atoms with Crippen LogP contribution in [-0.2, 0) is 14.9 Å². The molecular formula is C17H19F3O4. The highest BCUT2D eigenvalue weighted by Crippen LogP contribution is 2.39. The fraction of sp³-hybridized carbons (Fsp3) is 0.471. The van der Waals surface area contributed by atoms with Crippen molar-refractivity contribution in [3.8, 4) is 5.75 Å². The predicted octanol–water partition coefficient (Wildman–Crippen LogP) is 3.23. The molecule has 4 nitrogen and oxygen atoms in total. The SMILES string of the molecule is CCOC(=O)C1=Cc2ccc(C(C)(C)CO)cc2OC1C(F)(F)F. The van der Waals surface area contributed by atoms with E-state index in [1.165, 1.54) is 13.0 Å². The smallest absolute Gasteiger partial charge is 0.430 e. The van der Waals surface area contributed by atoms with Gasteiger partial charge in [0.25, 0.3) is 0 Å². The Morgan fingerprint density at radius 2 is 2.00 bits per heavy atom. The number of hydrogen-bond acceptors (Lipinski definition) is 4. The van der Waals surface area contributed by atoms with Gasteiger partial charge >= 0.3 is 12.1 Å². The van der Waals surface area contributed by atoms with Crippen molar-refractivity contribution in [3.63, 3.8) is 0 Å². The molecule has 1 atom stereocenters. The van der Waals surface area contributed by atoms with Gasteiger partial charge in [-0.2, -0.15) is 13.2 Å². The van der Waals surface area contributed by atoms with Crippen LogP contribution in [0, 0.1) is 0 Å². The number of aliphatic hydroxyl groups excluding tert-OH is 1. The molecular weight excluding hydrogens is 325 g/mol. The summed E-state index contributed by atoms with van der Waals surface area (Å²) >= 11 is 0. The number of benzene rings is 1. The summed E-state index contributed by atoms with van der Waals surface area (Å²) in [6, 6.07) is 4.71. The van der Waals surface area contributed by atoms with Gasteiger partial charge in [-0.3, -0.25) is 0 Å². The number of alkyl halides is 3. The predicted molar refractivity (Wildman–Crippen MR) is 81.6 cm³/mol. The number of esters is 1. The lowest BCUT2D eigenvalue weighted by molar-refractivity contribution is -0.187. The van der Waals surface area contributed by atoms with Crippen LogP contribution in [0.5, 0.6) is 5.75 Å². The Hall–Kier alpha value is -2.02. The van der Waals surface area contributed by atoms with Crippen LogP contribution in [-0.4, -0.2) is 36.6 Å². The van der Waals surface area contributed by atoms with Crippen molar-refractivity contribution < 1.29 is 32.5 Å². The van der Waals surface area contributed by atoms with Crippen LogP contribution in [0.3, 0.4) is 0 Å². The summed E-state index contributed by atoms with van der Waals surface area (Å²) in [6.07, 6.45) is -5.99. The maximum absolute atomic E-state index is 13.3. The number of halogens is 3. The van der Waals surface area contributed by atoms with Crippen LogP contribution < -0.4 is 4.74 Å². The Morgan fingerprint density at radius 3 is 2.54 bits per heavy atom. The summed E-state index contributed by atoms with van der Waals surface area (Å²) < 4.78 is 49.6. The zero-order chi connectivity index (χ0) is 18.1. The molecule has 0 fully saturated rings. The lowest BCUT2D eigenvalue weighted by atomic mass is 9.84. The number of ether oxygens (including phenoxy) is 2. The van der Waals surface area contributed by atoms with E-state index < -0.39 is 29.2 Å². The third-order valence-electron chi connectivity index (χ3n) is 3.84. The van der Waals surface area contributed by atoms with E-state index in [9.17, 15) is 23.1 Å². The Labute approximate surface area is 137 Å². The Bertz CT molecular complexity index is 662. The molecule has 1 heterocycles. The molecule has 2 rings (SSSR count). The summed E-state index contributed by atoms with van der Waals surface area (Å²) in [4.78, 5) is 11.8. The first-order valence-corrected chi connectivity index (χ1v) is 7.47. The number of aliphatic hydroxyl groups is 1. The van der Waals surface area contributed by atoms with Crippen LogP contribution in [0.25, 0.3) is 6.08 Å². The van der Waals surface area contributed by atoms with Crippen LogP contribution in [0.1, 0.15) is 31.9 Å². The zero-order valence-corrected chi connectivity index (χ0v) is 13.6. The standard InChI is InChI=1S/C17H19F3O4/c1-4-23-15(22)12-7-10-5-6-11(16(2,3)9-21)8-13(10)24-14(12)17(18,19)20/h5-8,14,21H,4,9H2,1-3H3. The quantitative estimate of drug-likeness (QED) is 0.852. The molecule has 0 saturated carbocycles. The molecule has 0 radical (unpaired) electrons. The normalized spacial score (nSPS) is 17.6. The molecule has 1 aromatic rings. The topological polar surface area (TPSA) is 55.8 Å². The van der Waals surface area contributed by atoms with Crippen molar-refractivity contribution in [2.45, 2.75) is 38.5 Å². The molecule has 0 bridgehead atoms. The van der Waals surface area contributed by atoms with Gasteiger partial charge in [-0.25, -0.2) is 4.79 Å². The largest absolute Gasteiger partial charge is 0.475 e. The van der Waals surface area contributed by atoms with Gasteiger partial charge in [0.1, 0.15) is 5.75 Å². The van der Waals surface area contributed by atoms with Gasteiger partial charge < -0.3 is 14.6 Å². The highest BCUT2D eigenvalue weighted by molar-refractivity contribution is 5.96. The second-order valence-electron chi connectivity index (χ2n) is 6.15. The first-order valence-electron chi connectivity index (χ1n) is 7.47. The summed E-state index contributed by atoms with van der Waals surface area (Å²) in [5.41, 5.74) is -0.211. The first-order chi connectivity index (χ1) is 11.1. The Balaban J connectivity index is 2.50.